The standard InChI is InChI=1S/C11H15N3O2/c1-7-2-8(4-9(15)3-7)14-11-12-5-10(16)6-13-11/h2-4,10,15-16H,5-6H2,1H3,(H2,12,13,14). The lowest BCUT2D eigenvalue weighted by molar-refractivity contribution is 0.181. The van der Waals surface area contributed by atoms with Crippen LogP contribution >= 0.6 is 0 Å². The number of nitrogens with zero attached hydrogens (tertiary/aromatic N) is 1. The van der Waals surface area contributed by atoms with E-state index in [2.05, 4.69) is 15.6 Å². The second-order valence-corrected chi connectivity index (χ2v) is 3.91. The van der Waals surface area contributed by atoms with Crippen molar-refractivity contribution in [1.82, 2.24) is 5.32 Å². The third-order valence-electron chi connectivity index (χ3n) is 2.29. The summed E-state index contributed by atoms with van der Waals surface area (Å²) in [6, 6.07) is 5.22. The Morgan fingerprint density at radius 1 is 1.44 bits per heavy atom. The van der Waals surface area contributed by atoms with Crippen LogP contribution in [0.2, 0.25) is 0 Å². The predicted octanol–water partition coefficient (Wildman–Crippen LogP) is 0.433. The maximum absolute atomic E-state index is 9.43. The van der Waals surface area contributed by atoms with Crippen LogP contribution in [0.25, 0.3) is 0 Å². The number of hydrogen-bond donors (Lipinski definition) is 4. The van der Waals surface area contributed by atoms with Crippen molar-refractivity contribution in [3.63, 3.8) is 0 Å². The molecule has 1 unspecified atom stereocenters. The number of guanidine groups is 1. The highest BCUT2D eigenvalue weighted by molar-refractivity contribution is 5.94. The van der Waals surface area contributed by atoms with Crippen molar-refractivity contribution in [2.45, 2.75) is 13.0 Å². The van der Waals surface area contributed by atoms with Gasteiger partial charge in [0.1, 0.15) is 5.75 Å². The molecule has 86 valence electrons. The van der Waals surface area contributed by atoms with E-state index in [-0.39, 0.29) is 5.75 Å². The molecule has 1 atom stereocenters. The SMILES string of the molecule is Cc1cc(O)cc(NC2=NCC(O)CN2)c1. The van der Waals surface area contributed by atoms with Crippen LogP contribution < -0.4 is 10.6 Å². The average Bonchev–Trinajstić information content (AvgIpc) is 2.20. The predicted molar refractivity (Wildman–Crippen MR) is 62.8 cm³/mol. The van der Waals surface area contributed by atoms with Crippen molar-refractivity contribution < 1.29 is 10.2 Å². The number of aromatic hydroxyl groups is 1. The van der Waals surface area contributed by atoms with Gasteiger partial charge in [0.05, 0.1) is 12.6 Å². The maximum Gasteiger partial charge on any atom is 0.195 e. The number of anilines is 1. The molecule has 0 spiro atoms. The van der Waals surface area contributed by atoms with Gasteiger partial charge in [-0.1, -0.05) is 0 Å². The number of aliphatic hydroxyl groups excluding tert-OH is 1. The van der Waals surface area contributed by atoms with Gasteiger partial charge in [0.25, 0.3) is 0 Å². The number of β-amino-alcohol motifs (C(OH)–C–C–N with tert-alkyl or cyclic N) is 1. The first-order valence-corrected chi connectivity index (χ1v) is 5.17. The molecule has 0 saturated carbocycles. The fourth-order valence-corrected chi connectivity index (χ4v) is 1.59. The molecular formula is C11H15N3O2. The van der Waals surface area contributed by atoms with Crippen molar-refractivity contribution in [1.29, 1.82) is 0 Å². The molecule has 0 amide bonds. The highest BCUT2D eigenvalue weighted by Crippen LogP contribution is 2.19. The van der Waals surface area contributed by atoms with Crippen LogP contribution in [0.4, 0.5) is 5.69 Å². The van der Waals surface area contributed by atoms with Crippen molar-refractivity contribution in [2.75, 3.05) is 18.4 Å². The maximum atomic E-state index is 9.43. The number of rotatable bonds is 1. The summed E-state index contributed by atoms with van der Waals surface area (Å²) in [4.78, 5) is 4.13. The lowest BCUT2D eigenvalue weighted by Gasteiger charge is -2.20. The molecule has 0 aromatic heterocycles. The van der Waals surface area contributed by atoms with E-state index in [9.17, 15) is 10.2 Å². The topological polar surface area (TPSA) is 76.9 Å². The molecule has 16 heavy (non-hydrogen) atoms. The van der Waals surface area contributed by atoms with Gasteiger partial charge in [-0.2, -0.15) is 0 Å². The van der Waals surface area contributed by atoms with Gasteiger partial charge in [-0.05, 0) is 24.6 Å². The first kappa shape index (κ1) is 10.8. The second-order valence-electron chi connectivity index (χ2n) is 3.91. The van der Waals surface area contributed by atoms with Crippen LogP contribution in [0.1, 0.15) is 5.56 Å². The van der Waals surface area contributed by atoms with E-state index in [1.807, 2.05) is 13.0 Å². The zero-order valence-electron chi connectivity index (χ0n) is 9.07. The number of aliphatic imine (C=N–C) groups is 1. The summed E-state index contributed by atoms with van der Waals surface area (Å²) in [5.74, 6) is 0.842. The third kappa shape index (κ3) is 2.64. The highest BCUT2D eigenvalue weighted by atomic mass is 16.3. The van der Waals surface area contributed by atoms with Crippen LogP contribution in [0.15, 0.2) is 23.2 Å². The minimum absolute atomic E-state index is 0.221. The van der Waals surface area contributed by atoms with Crippen LogP contribution in [0.5, 0.6) is 5.75 Å². The van der Waals surface area contributed by atoms with Crippen molar-refractivity contribution >= 4 is 11.6 Å². The van der Waals surface area contributed by atoms with Gasteiger partial charge in [0, 0.05) is 18.3 Å². The van der Waals surface area contributed by atoms with Gasteiger partial charge >= 0.3 is 0 Å². The lowest BCUT2D eigenvalue weighted by Crippen LogP contribution is -2.42. The summed E-state index contributed by atoms with van der Waals surface area (Å²) in [6.07, 6.45) is -0.420. The van der Waals surface area contributed by atoms with Gasteiger partial charge < -0.3 is 20.8 Å². The smallest absolute Gasteiger partial charge is 0.195 e. The molecule has 5 heteroatoms. The van der Waals surface area contributed by atoms with Crippen LogP contribution in [0.3, 0.4) is 0 Å². The summed E-state index contributed by atoms with van der Waals surface area (Å²) in [7, 11) is 0. The molecular weight excluding hydrogens is 206 g/mol. The number of phenolic OH excluding ortho intramolecular Hbond substituents is 1. The summed E-state index contributed by atoms with van der Waals surface area (Å²) in [5, 5.41) is 24.7. The zero-order chi connectivity index (χ0) is 11.5. The summed E-state index contributed by atoms with van der Waals surface area (Å²) in [5.41, 5.74) is 1.75. The molecule has 1 aromatic carbocycles. The van der Waals surface area contributed by atoms with Gasteiger partial charge in [-0.15, -0.1) is 0 Å². The van der Waals surface area contributed by atoms with Crippen LogP contribution in [0, 0.1) is 6.92 Å². The lowest BCUT2D eigenvalue weighted by atomic mass is 10.2. The van der Waals surface area contributed by atoms with E-state index < -0.39 is 6.10 Å². The normalized spacial score (nSPS) is 19.9. The molecule has 0 radical (unpaired) electrons. The zero-order valence-corrected chi connectivity index (χ0v) is 9.07. The molecule has 0 bridgehead atoms. The number of aryl methyl sites for hydroxylation is 1. The van der Waals surface area contributed by atoms with Gasteiger partial charge in [0.2, 0.25) is 0 Å². The molecule has 0 fully saturated rings. The molecule has 1 aliphatic heterocycles. The number of phenols is 1. The molecule has 1 aliphatic rings. The third-order valence-corrected chi connectivity index (χ3v) is 2.29. The molecule has 0 aliphatic carbocycles. The van der Waals surface area contributed by atoms with Gasteiger partial charge in [-0.3, -0.25) is 4.99 Å². The van der Waals surface area contributed by atoms with Crippen LogP contribution in [-0.2, 0) is 0 Å². The second kappa shape index (κ2) is 4.40. The first-order valence-electron chi connectivity index (χ1n) is 5.17. The average molecular weight is 221 g/mol. The molecule has 2 rings (SSSR count). The van der Waals surface area contributed by atoms with Crippen molar-refractivity contribution in [2.24, 2.45) is 4.99 Å². The molecule has 1 heterocycles. The first-order chi connectivity index (χ1) is 7.63. The van der Waals surface area contributed by atoms with E-state index in [0.29, 0.717) is 19.0 Å². The van der Waals surface area contributed by atoms with Crippen molar-refractivity contribution in [3.05, 3.63) is 23.8 Å². The molecule has 1 aromatic rings. The van der Waals surface area contributed by atoms with E-state index >= 15 is 0 Å². The van der Waals surface area contributed by atoms with E-state index in [0.717, 1.165) is 11.3 Å². The molecule has 0 saturated heterocycles. The van der Waals surface area contributed by atoms with Crippen LogP contribution in [-0.4, -0.2) is 35.4 Å². The largest absolute Gasteiger partial charge is 0.508 e. The van der Waals surface area contributed by atoms with Gasteiger partial charge in [-0.25, -0.2) is 0 Å². The summed E-state index contributed by atoms with van der Waals surface area (Å²) < 4.78 is 0. The Bertz CT molecular complexity index is 397. The number of nitrogens with one attached hydrogen (secondary N) is 2. The summed E-state index contributed by atoms with van der Waals surface area (Å²) >= 11 is 0. The monoisotopic (exact) mass is 221 g/mol. The quantitative estimate of drug-likeness (QED) is 0.555. The number of benzene rings is 1. The van der Waals surface area contributed by atoms with Crippen molar-refractivity contribution in [3.8, 4) is 5.75 Å². The minimum Gasteiger partial charge on any atom is -0.508 e. The fourth-order valence-electron chi connectivity index (χ4n) is 1.59. The fraction of sp³-hybridized carbons (Fsp3) is 0.364. The molecule has 4 N–H and O–H groups in total. The summed E-state index contributed by atoms with van der Waals surface area (Å²) in [6.45, 7) is 2.79. The Hall–Kier alpha value is -1.75. The van der Waals surface area contributed by atoms with E-state index in [4.69, 9.17) is 0 Å². The molecule has 5 nitrogen and oxygen atoms in total. The Kier molecular flexibility index (Phi) is 2.96. The Morgan fingerprint density at radius 2 is 2.25 bits per heavy atom. The Morgan fingerprint density at radius 3 is 2.88 bits per heavy atom. The van der Waals surface area contributed by atoms with E-state index in [1.165, 1.54) is 0 Å². The highest BCUT2D eigenvalue weighted by Gasteiger charge is 2.11. The number of aliphatic hydroxyl groups is 1. The Labute approximate surface area is 93.8 Å². The van der Waals surface area contributed by atoms with Gasteiger partial charge in [0.15, 0.2) is 5.96 Å². The Balaban J connectivity index is 2.09. The minimum atomic E-state index is -0.420. The number of hydrogen-bond acceptors (Lipinski definition) is 5. The van der Waals surface area contributed by atoms with E-state index in [1.54, 1.807) is 12.1 Å².